The molecule has 0 aliphatic carbocycles. The van der Waals surface area contributed by atoms with Crippen LogP contribution in [0.15, 0.2) is 54.7 Å². The number of nitrogens with one attached hydrogen (secondary N) is 2. The molecule has 0 saturated heterocycles. The van der Waals surface area contributed by atoms with Crippen molar-refractivity contribution in [3.8, 4) is 22.4 Å². The van der Waals surface area contributed by atoms with Gasteiger partial charge in [0.15, 0.2) is 11.5 Å². The summed E-state index contributed by atoms with van der Waals surface area (Å²) < 4.78 is 40.9. The minimum absolute atomic E-state index is 0.0160. The highest BCUT2D eigenvalue weighted by molar-refractivity contribution is 6.33. The first kappa shape index (κ1) is 25.1. The Morgan fingerprint density at radius 2 is 1.69 bits per heavy atom. The third-order valence-corrected chi connectivity index (χ3v) is 5.47. The van der Waals surface area contributed by atoms with Crippen LogP contribution in [0.25, 0.3) is 28.0 Å². The second-order valence-corrected chi connectivity index (χ2v) is 8.46. The van der Waals surface area contributed by atoms with Crippen LogP contribution < -0.4 is 10.7 Å². The minimum atomic E-state index is -4.51. The molecule has 2 heterocycles. The van der Waals surface area contributed by atoms with Crippen molar-refractivity contribution >= 4 is 34.9 Å². The van der Waals surface area contributed by atoms with Crippen LogP contribution >= 0.6 is 11.6 Å². The number of rotatable bonds is 5. The summed E-state index contributed by atoms with van der Waals surface area (Å²) in [5.74, 6) is -1.12. The Labute approximate surface area is 208 Å². The quantitative estimate of drug-likeness (QED) is 0.368. The van der Waals surface area contributed by atoms with E-state index in [9.17, 15) is 22.8 Å². The van der Waals surface area contributed by atoms with Crippen molar-refractivity contribution in [3.05, 3.63) is 70.9 Å². The van der Waals surface area contributed by atoms with E-state index in [1.165, 1.54) is 34.8 Å². The van der Waals surface area contributed by atoms with Crippen molar-refractivity contribution < 1.29 is 22.8 Å². The fraction of sp³-hybridized carbons (Fsp3) is 0.167. The maximum absolute atomic E-state index is 13.2. The van der Waals surface area contributed by atoms with E-state index in [0.717, 1.165) is 12.1 Å². The SMILES string of the molecule is CC(=O)Nc1nn2c(-c3ccc(C(F)(F)F)cc3)c(-c3ccccc3Cl)cnc2c1C(=O)NN(C)C. The third-order valence-electron chi connectivity index (χ3n) is 5.14. The Morgan fingerprint density at radius 3 is 2.28 bits per heavy atom. The van der Waals surface area contributed by atoms with Gasteiger partial charge < -0.3 is 5.32 Å². The van der Waals surface area contributed by atoms with Gasteiger partial charge in [-0.1, -0.05) is 41.9 Å². The van der Waals surface area contributed by atoms with E-state index in [1.54, 1.807) is 38.4 Å². The molecule has 0 unspecified atom stereocenters. The molecular weight excluding hydrogens is 497 g/mol. The molecule has 2 amide bonds. The summed E-state index contributed by atoms with van der Waals surface area (Å²) in [7, 11) is 3.22. The lowest BCUT2D eigenvalue weighted by Crippen LogP contribution is -2.36. The first-order valence-corrected chi connectivity index (χ1v) is 11.0. The molecule has 0 aliphatic heterocycles. The highest BCUT2D eigenvalue weighted by Gasteiger charge is 2.31. The number of anilines is 1. The van der Waals surface area contributed by atoms with Crippen LogP contribution in [0, 0.1) is 0 Å². The maximum Gasteiger partial charge on any atom is 0.416 e. The number of aromatic nitrogens is 3. The van der Waals surface area contributed by atoms with E-state index in [2.05, 4.69) is 20.8 Å². The van der Waals surface area contributed by atoms with Crippen molar-refractivity contribution in [2.24, 2.45) is 0 Å². The average Bonchev–Trinajstić information content (AvgIpc) is 3.15. The second-order valence-electron chi connectivity index (χ2n) is 8.05. The zero-order valence-electron chi connectivity index (χ0n) is 19.3. The van der Waals surface area contributed by atoms with E-state index < -0.39 is 23.6 Å². The Bertz CT molecular complexity index is 1470. The molecular formula is C24H20ClF3N6O2. The monoisotopic (exact) mass is 516 g/mol. The van der Waals surface area contributed by atoms with Gasteiger partial charge in [-0.2, -0.15) is 13.2 Å². The summed E-state index contributed by atoms with van der Waals surface area (Å²) in [6.07, 6.45) is -3.05. The van der Waals surface area contributed by atoms with E-state index >= 15 is 0 Å². The summed E-state index contributed by atoms with van der Waals surface area (Å²) in [4.78, 5) is 29.3. The van der Waals surface area contributed by atoms with Crippen LogP contribution in [-0.2, 0) is 11.0 Å². The van der Waals surface area contributed by atoms with Crippen LogP contribution in [0.5, 0.6) is 0 Å². The van der Waals surface area contributed by atoms with Gasteiger partial charge in [-0.15, -0.1) is 5.10 Å². The molecule has 186 valence electrons. The van der Waals surface area contributed by atoms with Crippen molar-refractivity contribution in [1.82, 2.24) is 25.0 Å². The molecule has 8 nitrogen and oxygen atoms in total. The average molecular weight is 517 g/mol. The number of benzene rings is 2. The van der Waals surface area contributed by atoms with Crippen LogP contribution in [-0.4, -0.2) is 45.5 Å². The predicted molar refractivity (Wildman–Crippen MR) is 129 cm³/mol. The van der Waals surface area contributed by atoms with Crippen LogP contribution in [0.1, 0.15) is 22.8 Å². The van der Waals surface area contributed by atoms with Gasteiger partial charge in [-0.3, -0.25) is 15.0 Å². The van der Waals surface area contributed by atoms with Crippen LogP contribution in [0.2, 0.25) is 5.02 Å². The number of hydrogen-bond acceptors (Lipinski definition) is 5. The zero-order chi connectivity index (χ0) is 26.2. The van der Waals surface area contributed by atoms with E-state index in [-0.39, 0.29) is 17.0 Å². The second kappa shape index (κ2) is 9.59. The zero-order valence-corrected chi connectivity index (χ0v) is 20.1. The molecule has 4 rings (SSSR count). The van der Waals surface area contributed by atoms with Gasteiger partial charge in [0, 0.05) is 48.9 Å². The third kappa shape index (κ3) is 4.88. The maximum atomic E-state index is 13.2. The van der Waals surface area contributed by atoms with E-state index in [4.69, 9.17) is 11.6 Å². The molecule has 2 aromatic heterocycles. The number of fused-ring (bicyclic) bond motifs is 1. The fourth-order valence-corrected chi connectivity index (χ4v) is 3.92. The lowest BCUT2D eigenvalue weighted by atomic mass is 9.99. The van der Waals surface area contributed by atoms with Gasteiger partial charge in [0.1, 0.15) is 5.56 Å². The topological polar surface area (TPSA) is 91.6 Å². The molecule has 4 aromatic rings. The Kier molecular flexibility index (Phi) is 6.70. The molecule has 0 radical (unpaired) electrons. The molecule has 0 atom stereocenters. The normalized spacial score (nSPS) is 11.7. The predicted octanol–water partition coefficient (Wildman–Crippen LogP) is 4.90. The number of alkyl halides is 3. The fourth-order valence-electron chi connectivity index (χ4n) is 3.68. The molecule has 36 heavy (non-hydrogen) atoms. The molecule has 0 bridgehead atoms. The van der Waals surface area contributed by atoms with Gasteiger partial charge in [0.05, 0.1) is 11.3 Å². The van der Waals surface area contributed by atoms with Gasteiger partial charge >= 0.3 is 6.18 Å². The number of amides is 2. The molecule has 0 saturated carbocycles. The highest BCUT2D eigenvalue weighted by atomic mass is 35.5. The largest absolute Gasteiger partial charge is 0.416 e. The van der Waals surface area contributed by atoms with Gasteiger partial charge in [0.2, 0.25) is 5.91 Å². The molecule has 0 fully saturated rings. The summed E-state index contributed by atoms with van der Waals surface area (Å²) in [6, 6.07) is 11.4. The van der Waals surface area contributed by atoms with E-state index in [0.29, 0.717) is 27.4 Å². The lowest BCUT2D eigenvalue weighted by molar-refractivity contribution is -0.137. The molecule has 0 spiro atoms. The summed E-state index contributed by atoms with van der Waals surface area (Å²) in [6.45, 7) is 1.26. The van der Waals surface area contributed by atoms with Crippen LogP contribution in [0.4, 0.5) is 19.0 Å². The smallest absolute Gasteiger partial charge is 0.309 e. The molecule has 2 aromatic carbocycles. The summed E-state index contributed by atoms with van der Waals surface area (Å²) in [5.41, 5.74) is 3.56. The number of hydrogen-bond donors (Lipinski definition) is 2. The number of halogens is 4. The minimum Gasteiger partial charge on any atom is -0.309 e. The highest BCUT2D eigenvalue weighted by Crippen LogP contribution is 2.38. The number of nitrogens with zero attached hydrogens (tertiary/aromatic N) is 4. The number of hydrazine groups is 1. The molecule has 12 heteroatoms. The Balaban J connectivity index is 2.06. The van der Waals surface area contributed by atoms with Crippen molar-refractivity contribution in [2.45, 2.75) is 13.1 Å². The Hall–Kier alpha value is -3.96. The Morgan fingerprint density at radius 1 is 1.03 bits per heavy atom. The summed E-state index contributed by atoms with van der Waals surface area (Å²) in [5, 5.41) is 8.75. The number of carbonyl (C=O) groups is 2. The molecule has 2 N–H and O–H groups in total. The van der Waals surface area contributed by atoms with Crippen molar-refractivity contribution in [2.75, 3.05) is 19.4 Å². The van der Waals surface area contributed by atoms with E-state index in [1.807, 2.05) is 0 Å². The first-order chi connectivity index (χ1) is 17.0. The van der Waals surface area contributed by atoms with Crippen LogP contribution in [0.3, 0.4) is 0 Å². The van der Waals surface area contributed by atoms with Crippen molar-refractivity contribution in [3.63, 3.8) is 0 Å². The van der Waals surface area contributed by atoms with Gasteiger partial charge in [0.25, 0.3) is 5.91 Å². The molecule has 0 aliphatic rings. The van der Waals surface area contributed by atoms with Crippen molar-refractivity contribution in [1.29, 1.82) is 0 Å². The van der Waals surface area contributed by atoms with Gasteiger partial charge in [-0.05, 0) is 18.2 Å². The number of carbonyl (C=O) groups excluding carboxylic acids is 2. The summed E-state index contributed by atoms with van der Waals surface area (Å²) >= 11 is 6.43. The van der Waals surface area contributed by atoms with Gasteiger partial charge in [-0.25, -0.2) is 14.5 Å². The first-order valence-electron chi connectivity index (χ1n) is 10.6. The standard InChI is InChI=1S/C24H20ClF3N6O2/c1-13(35)30-21-19(23(36)32-33(2)3)22-29-12-17(16-6-4-5-7-18(16)25)20(34(22)31-21)14-8-10-15(11-9-14)24(26,27)28/h4-12H,1-3H3,(H,32,36)(H,30,31,35). The lowest BCUT2D eigenvalue weighted by Gasteiger charge is -2.15.